The van der Waals surface area contributed by atoms with E-state index in [0.29, 0.717) is 33.8 Å². The van der Waals surface area contributed by atoms with Crippen molar-refractivity contribution in [3.05, 3.63) is 64.0 Å². The Kier molecular flexibility index (Phi) is 4.75. The fourth-order valence-corrected chi connectivity index (χ4v) is 2.51. The fourth-order valence-electron chi connectivity index (χ4n) is 2.51. The van der Waals surface area contributed by atoms with Crippen molar-refractivity contribution in [2.45, 2.75) is 0 Å². The van der Waals surface area contributed by atoms with Crippen LogP contribution < -0.4 is 19.6 Å². The predicted molar refractivity (Wildman–Crippen MR) is 97.5 cm³/mol. The van der Waals surface area contributed by atoms with Gasteiger partial charge in [-0.05, 0) is 35.9 Å². The molecule has 0 amide bonds. The van der Waals surface area contributed by atoms with Crippen LogP contribution in [0, 0.1) is 0 Å². The summed E-state index contributed by atoms with van der Waals surface area (Å²) in [5.41, 5.74) is 1.74. The van der Waals surface area contributed by atoms with Gasteiger partial charge in [-0.2, -0.15) is 0 Å². The highest BCUT2D eigenvalue weighted by Crippen LogP contribution is 2.28. The number of hydrogen-bond donors (Lipinski definition) is 0. The molecular formula is C20H18O5. The van der Waals surface area contributed by atoms with Gasteiger partial charge in [0.2, 0.25) is 0 Å². The van der Waals surface area contributed by atoms with Crippen LogP contribution in [0.1, 0.15) is 11.1 Å². The molecule has 0 N–H and O–H groups in total. The molecule has 0 spiro atoms. The van der Waals surface area contributed by atoms with Crippen LogP contribution in [0.4, 0.5) is 0 Å². The van der Waals surface area contributed by atoms with E-state index in [9.17, 15) is 4.79 Å². The minimum absolute atomic E-state index is 0.0966. The zero-order chi connectivity index (χ0) is 17.8. The molecule has 25 heavy (non-hydrogen) atoms. The van der Waals surface area contributed by atoms with Gasteiger partial charge >= 0.3 is 0 Å². The van der Waals surface area contributed by atoms with E-state index < -0.39 is 0 Å². The second-order valence-corrected chi connectivity index (χ2v) is 5.33. The van der Waals surface area contributed by atoms with Gasteiger partial charge in [0.1, 0.15) is 17.6 Å². The lowest BCUT2D eigenvalue weighted by Crippen LogP contribution is -2.04. The summed E-state index contributed by atoms with van der Waals surface area (Å²) in [6, 6.07) is 10.7. The molecule has 0 aliphatic carbocycles. The van der Waals surface area contributed by atoms with Crippen LogP contribution in [0.15, 0.2) is 51.9 Å². The van der Waals surface area contributed by atoms with Crippen LogP contribution in [-0.2, 0) is 0 Å². The van der Waals surface area contributed by atoms with Crippen molar-refractivity contribution >= 4 is 23.1 Å². The Hall–Kier alpha value is -3.21. The van der Waals surface area contributed by atoms with E-state index >= 15 is 0 Å². The summed E-state index contributed by atoms with van der Waals surface area (Å²) in [5.74, 6) is 1.92. The third-order valence-electron chi connectivity index (χ3n) is 3.87. The topological polar surface area (TPSA) is 57.9 Å². The summed E-state index contributed by atoms with van der Waals surface area (Å²) < 4.78 is 21.2. The van der Waals surface area contributed by atoms with Crippen molar-refractivity contribution in [3.8, 4) is 17.2 Å². The Labute approximate surface area is 145 Å². The average Bonchev–Trinajstić information content (AvgIpc) is 2.66. The Morgan fingerprint density at radius 1 is 0.880 bits per heavy atom. The van der Waals surface area contributed by atoms with Gasteiger partial charge in [0.25, 0.3) is 0 Å². The van der Waals surface area contributed by atoms with E-state index in [1.807, 2.05) is 24.3 Å². The van der Waals surface area contributed by atoms with Crippen LogP contribution in [0.5, 0.6) is 17.2 Å². The highest BCUT2D eigenvalue weighted by molar-refractivity contribution is 5.81. The van der Waals surface area contributed by atoms with Gasteiger partial charge in [-0.25, -0.2) is 0 Å². The number of benzene rings is 2. The zero-order valence-corrected chi connectivity index (χ0v) is 14.2. The maximum atomic E-state index is 12.6. The van der Waals surface area contributed by atoms with Crippen LogP contribution in [-0.4, -0.2) is 21.3 Å². The summed E-state index contributed by atoms with van der Waals surface area (Å²) >= 11 is 0. The van der Waals surface area contributed by atoms with Gasteiger partial charge in [0, 0.05) is 6.07 Å². The molecule has 128 valence electrons. The van der Waals surface area contributed by atoms with Crippen LogP contribution >= 0.6 is 0 Å². The normalized spacial score (nSPS) is 11.0. The summed E-state index contributed by atoms with van der Waals surface area (Å²) in [7, 11) is 4.74. The Bertz CT molecular complexity index is 985. The Morgan fingerprint density at radius 3 is 2.40 bits per heavy atom. The molecule has 0 aliphatic heterocycles. The zero-order valence-electron chi connectivity index (χ0n) is 14.2. The maximum Gasteiger partial charge on any atom is 0.199 e. The minimum atomic E-state index is -0.0966. The number of methoxy groups -OCH3 is 3. The summed E-state index contributed by atoms with van der Waals surface area (Å²) in [4.78, 5) is 12.6. The van der Waals surface area contributed by atoms with Crippen molar-refractivity contribution in [3.63, 3.8) is 0 Å². The number of ether oxygens (including phenoxy) is 3. The van der Waals surface area contributed by atoms with Gasteiger partial charge < -0.3 is 18.6 Å². The van der Waals surface area contributed by atoms with Gasteiger partial charge in [-0.3, -0.25) is 4.79 Å². The van der Waals surface area contributed by atoms with E-state index in [-0.39, 0.29) is 5.43 Å². The molecule has 2 aromatic carbocycles. The molecule has 1 aromatic heterocycles. The maximum absolute atomic E-state index is 12.6. The summed E-state index contributed by atoms with van der Waals surface area (Å²) in [5, 5.41) is 0.510. The van der Waals surface area contributed by atoms with Crippen LogP contribution in [0.3, 0.4) is 0 Å². The first-order valence-corrected chi connectivity index (χ1v) is 7.66. The lowest BCUT2D eigenvalue weighted by atomic mass is 10.1. The monoisotopic (exact) mass is 338 g/mol. The Balaban J connectivity index is 1.96. The molecule has 5 nitrogen and oxygen atoms in total. The second-order valence-electron chi connectivity index (χ2n) is 5.33. The second kappa shape index (κ2) is 7.13. The van der Waals surface area contributed by atoms with Gasteiger partial charge in [0.15, 0.2) is 16.9 Å². The first kappa shape index (κ1) is 16.6. The van der Waals surface area contributed by atoms with Crippen molar-refractivity contribution < 1.29 is 18.6 Å². The van der Waals surface area contributed by atoms with E-state index in [4.69, 9.17) is 18.6 Å². The largest absolute Gasteiger partial charge is 0.497 e. The van der Waals surface area contributed by atoms with Crippen molar-refractivity contribution in [2.24, 2.45) is 0 Å². The molecule has 0 aliphatic rings. The molecule has 0 unspecified atom stereocenters. The van der Waals surface area contributed by atoms with Crippen LogP contribution in [0.25, 0.3) is 23.1 Å². The molecule has 1 heterocycles. The van der Waals surface area contributed by atoms with E-state index in [2.05, 4.69) is 0 Å². The Morgan fingerprint density at radius 2 is 1.68 bits per heavy atom. The quantitative estimate of drug-likeness (QED) is 0.704. The van der Waals surface area contributed by atoms with E-state index in [0.717, 1.165) is 5.56 Å². The predicted octanol–water partition coefficient (Wildman–Crippen LogP) is 3.99. The SMILES string of the molecule is COc1ccc2c(=O)c(/C=C/c3ccc(OC)c(OC)c3)coc2c1. The third-order valence-corrected chi connectivity index (χ3v) is 3.87. The minimum Gasteiger partial charge on any atom is -0.497 e. The smallest absolute Gasteiger partial charge is 0.199 e. The molecular weight excluding hydrogens is 320 g/mol. The third kappa shape index (κ3) is 3.35. The average molecular weight is 338 g/mol. The van der Waals surface area contributed by atoms with Gasteiger partial charge in [-0.15, -0.1) is 0 Å². The number of fused-ring (bicyclic) bond motifs is 1. The first-order valence-electron chi connectivity index (χ1n) is 7.66. The molecule has 3 aromatic rings. The molecule has 0 saturated carbocycles. The number of rotatable bonds is 5. The van der Waals surface area contributed by atoms with E-state index in [1.165, 1.54) is 6.26 Å². The summed E-state index contributed by atoms with van der Waals surface area (Å²) in [6.45, 7) is 0. The van der Waals surface area contributed by atoms with Crippen molar-refractivity contribution in [2.75, 3.05) is 21.3 Å². The molecule has 0 saturated heterocycles. The first-order chi connectivity index (χ1) is 12.2. The molecule has 0 radical (unpaired) electrons. The molecule has 0 fully saturated rings. The highest BCUT2D eigenvalue weighted by atomic mass is 16.5. The number of hydrogen-bond acceptors (Lipinski definition) is 5. The van der Waals surface area contributed by atoms with Crippen molar-refractivity contribution in [1.29, 1.82) is 0 Å². The standard InChI is InChI=1S/C20H18O5/c1-22-15-7-8-16-18(11-15)25-12-14(20(16)21)6-4-13-5-9-17(23-2)19(10-13)24-3/h4-12H,1-3H3/b6-4+. The lowest BCUT2D eigenvalue weighted by molar-refractivity contribution is 0.355. The lowest BCUT2D eigenvalue weighted by Gasteiger charge is -2.07. The molecule has 3 rings (SSSR count). The molecule has 5 heteroatoms. The van der Waals surface area contributed by atoms with Crippen LogP contribution in [0.2, 0.25) is 0 Å². The summed E-state index contributed by atoms with van der Waals surface area (Å²) in [6.07, 6.45) is 4.99. The van der Waals surface area contributed by atoms with E-state index in [1.54, 1.807) is 45.6 Å². The van der Waals surface area contributed by atoms with Crippen molar-refractivity contribution in [1.82, 2.24) is 0 Å². The highest BCUT2D eigenvalue weighted by Gasteiger charge is 2.07. The molecule has 0 atom stereocenters. The fraction of sp³-hybridized carbons (Fsp3) is 0.150. The molecule has 0 bridgehead atoms. The van der Waals surface area contributed by atoms with Gasteiger partial charge in [-0.1, -0.05) is 12.1 Å². The van der Waals surface area contributed by atoms with Gasteiger partial charge in [0.05, 0.1) is 32.3 Å².